The van der Waals surface area contributed by atoms with Gasteiger partial charge in [-0.05, 0) is 32.9 Å². The van der Waals surface area contributed by atoms with Crippen LogP contribution in [0.5, 0.6) is 5.75 Å². The second kappa shape index (κ2) is 6.54. The lowest BCUT2D eigenvalue weighted by Gasteiger charge is -2.07. The fourth-order valence-electron chi connectivity index (χ4n) is 1.69. The lowest BCUT2D eigenvalue weighted by molar-refractivity contribution is 0.143. The molecule has 0 radical (unpaired) electrons. The summed E-state index contributed by atoms with van der Waals surface area (Å²) >= 11 is 0. The van der Waals surface area contributed by atoms with Crippen LogP contribution in [0.3, 0.4) is 0 Å². The molecule has 5 heteroatoms. The van der Waals surface area contributed by atoms with E-state index in [1.54, 1.807) is 26.0 Å². The highest BCUT2D eigenvalue weighted by atomic mass is 19.1. The average Bonchev–Trinajstić information content (AvgIpc) is 2.46. The highest BCUT2D eigenvalue weighted by Crippen LogP contribution is 2.23. The molecule has 2 rings (SSSR count). The van der Waals surface area contributed by atoms with Crippen LogP contribution >= 0.6 is 0 Å². The van der Waals surface area contributed by atoms with Crippen molar-refractivity contribution in [3.8, 4) is 29.0 Å². The van der Waals surface area contributed by atoms with Crippen molar-refractivity contribution in [3.05, 3.63) is 42.0 Å². The topological polar surface area (TPSA) is 55.2 Å². The maximum atomic E-state index is 14.0. The van der Waals surface area contributed by atoms with Crippen molar-refractivity contribution in [2.75, 3.05) is 6.61 Å². The van der Waals surface area contributed by atoms with Crippen LogP contribution in [0, 0.1) is 17.7 Å². The molecule has 0 aliphatic rings. The molecule has 1 heterocycles. The second-order valence-electron chi connectivity index (χ2n) is 5.18. The lowest BCUT2D eigenvalue weighted by Crippen LogP contribution is -2.14. The van der Waals surface area contributed by atoms with Crippen molar-refractivity contribution in [1.82, 2.24) is 9.97 Å². The van der Waals surface area contributed by atoms with Crippen molar-refractivity contribution >= 4 is 0 Å². The van der Waals surface area contributed by atoms with E-state index in [2.05, 4.69) is 21.8 Å². The van der Waals surface area contributed by atoms with Gasteiger partial charge in [-0.1, -0.05) is 11.8 Å². The molecule has 0 aliphatic heterocycles. The molecule has 0 saturated heterocycles. The maximum Gasteiger partial charge on any atom is 0.162 e. The van der Waals surface area contributed by atoms with E-state index in [4.69, 9.17) is 4.74 Å². The Labute approximate surface area is 129 Å². The molecule has 0 spiro atoms. The number of hydrogen-bond acceptors (Lipinski definition) is 4. The van der Waals surface area contributed by atoms with Crippen LogP contribution in [0.25, 0.3) is 11.4 Å². The first-order valence-corrected chi connectivity index (χ1v) is 6.89. The largest absolute Gasteiger partial charge is 0.494 e. The molecule has 0 aliphatic carbocycles. The molecule has 1 aromatic carbocycles. The number of ether oxygens (including phenoxy) is 1. The molecule has 0 amide bonds. The molecule has 0 fully saturated rings. The quantitative estimate of drug-likeness (QED) is 0.886. The van der Waals surface area contributed by atoms with Crippen molar-refractivity contribution < 1.29 is 14.2 Å². The predicted molar refractivity (Wildman–Crippen MR) is 81.8 cm³/mol. The van der Waals surface area contributed by atoms with E-state index in [1.807, 2.05) is 6.92 Å². The van der Waals surface area contributed by atoms with E-state index in [9.17, 15) is 9.50 Å². The van der Waals surface area contributed by atoms with Crippen LogP contribution in [-0.2, 0) is 0 Å². The van der Waals surface area contributed by atoms with Crippen LogP contribution in [0.15, 0.2) is 30.6 Å². The summed E-state index contributed by atoms with van der Waals surface area (Å²) < 4.78 is 19.3. The Morgan fingerprint density at radius 3 is 2.50 bits per heavy atom. The molecule has 0 unspecified atom stereocenters. The number of hydrogen-bond donors (Lipinski definition) is 1. The van der Waals surface area contributed by atoms with E-state index in [0.717, 1.165) is 0 Å². The van der Waals surface area contributed by atoms with Gasteiger partial charge in [-0.2, -0.15) is 0 Å². The molecule has 0 saturated carbocycles. The van der Waals surface area contributed by atoms with Crippen LogP contribution in [0.2, 0.25) is 0 Å². The first-order valence-electron chi connectivity index (χ1n) is 6.89. The zero-order valence-electron chi connectivity index (χ0n) is 12.7. The van der Waals surface area contributed by atoms with Crippen LogP contribution in [-0.4, -0.2) is 27.3 Å². The van der Waals surface area contributed by atoms with Gasteiger partial charge in [0.2, 0.25) is 0 Å². The number of nitrogens with zero attached hydrogens (tertiary/aromatic N) is 2. The molecule has 1 aromatic heterocycles. The molecule has 4 nitrogen and oxygen atoms in total. The molecular formula is C17H17FN2O2. The Morgan fingerprint density at radius 1 is 1.27 bits per heavy atom. The van der Waals surface area contributed by atoms with Gasteiger partial charge >= 0.3 is 0 Å². The van der Waals surface area contributed by atoms with Gasteiger partial charge in [-0.3, -0.25) is 0 Å². The Balaban J connectivity index is 2.25. The van der Waals surface area contributed by atoms with E-state index in [0.29, 0.717) is 23.5 Å². The summed E-state index contributed by atoms with van der Waals surface area (Å²) in [6.45, 7) is 5.49. The standard InChI is InChI=1S/C17H17FN2O2/c1-4-22-13-5-6-14(15(18)9-13)16-19-10-12(11-20-16)7-8-17(2,3)21/h5-6,9-11,21H,4H2,1-3H3. The molecule has 22 heavy (non-hydrogen) atoms. The summed E-state index contributed by atoms with van der Waals surface area (Å²) in [4.78, 5) is 8.22. The zero-order chi connectivity index (χ0) is 16.2. The summed E-state index contributed by atoms with van der Waals surface area (Å²) in [6.07, 6.45) is 2.99. The van der Waals surface area contributed by atoms with Crippen molar-refractivity contribution in [1.29, 1.82) is 0 Å². The number of rotatable bonds is 3. The smallest absolute Gasteiger partial charge is 0.162 e. The SMILES string of the molecule is CCOc1ccc(-c2ncc(C#CC(C)(C)O)cn2)c(F)c1. The van der Waals surface area contributed by atoms with Crippen LogP contribution in [0.4, 0.5) is 4.39 Å². The normalized spacial score (nSPS) is 10.8. The summed E-state index contributed by atoms with van der Waals surface area (Å²) in [5.74, 6) is 5.73. The number of benzene rings is 1. The highest BCUT2D eigenvalue weighted by Gasteiger charge is 2.10. The molecule has 0 atom stereocenters. The Bertz CT molecular complexity index is 710. The van der Waals surface area contributed by atoms with Gasteiger partial charge in [0.05, 0.1) is 17.7 Å². The Kier molecular flexibility index (Phi) is 4.74. The molecular weight excluding hydrogens is 283 g/mol. The number of aromatic nitrogens is 2. The van der Waals surface area contributed by atoms with Gasteiger partial charge in [0.15, 0.2) is 5.82 Å². The monoisotopic (exact) mass is 300 g/mol. The zero-order valence-corrected chi connectivity index (χ0v) is 12.7. The van der Waals surface area contributed by atoms with Crippen LogP contribution < -0.4 is 4.74 Å². The first-order chi connectivity index (χ1) is 10.4. The fraction of sp³-hybridized carbons (Fsp3) is 0.294. The van der Waals surface area contributed by atoms with Gasteiger partial charge in [-0.25, -0.2) is 14.4 Å². The van der Waals surface area contributed by atoms with Gasteiger partial charge < -0.3 is 9.84 Å². The Morgan fingerprint density at radius 2 is 1.95 bits per heavy atom. The summed E-state index contributed by atoms with van der Waals surface area (Å²) in [5.41, 5.74) is -0.234. The first kappa shape index (κ1) is 15.9. The number of aliphatic hydroxyl groups is 1. The van der Waals surface area contributed by atoms with E-state index >= 15 is 0 Å². The van der Waals surface area contributed by atoms with Gasteiger partial charge in [0, 0.05) is 18.5 Å². The van der Waals surface area contributed by atoms with Gasteiger partial charge in [0.1, 0.15) is 17.2 Å². The number of halogens is 1. The fourth-order valence-corrected chi connectivity index (χ4v) is 1.69. The Hall–Kier alpha value is -2.45. The van der Waals surface area contributed by atoms with Gasteiger partial charge in [0.25, 0.3) is 0 Å². The second-order valence-corrected chi connectivity index (χ2v) is 5.18. The van der Waals surface area contributed by atoms with Crippen molar-refractivity contribution in [3.63, 3.8) is 0 Å². The summed E-state index contributed by atoms with van der Waals surface area (Å²) in [6, 6.07) is 4.56. The molecule has 0 bridgehead atoms. The minimum Gasteiger partial charge on any atom is -0.494 e. The minimum absolute atomic E-state index is 0.273. The van der Waals surface area contributed by atoms with E-state index in [1.165, 1.54) is 18.5 Å². The average molecular weight is 300 g/mol. The van der Waals surface area contributed by atoms with Crippen LogP contribution in [0.1, 0.15) is 26.3 Å². The van der Waals surface area contributed by atoms with Crippen molar-refractivity contribution in [2.24, 2.45) is 0 Å². The molecule has 114 valence electrons. The summed E-state index contributed by atoms with van der Waals surface area (Å²) in [5, 5.41) is 9.54. The summed E-state index contributed by atoms with van der Waals surface area (Å²) in [7, 11) is 0. The third-order valence-corrected chi connectivity index (χ3v) is 2.66. The predicted octanol–water partition coefficient (Wildman–Crippen LogP) is 2.80. The van der Waals surface area contributed by atoms with E-state index in [-0.39, 0.29) is 5.82 Å². The third-order valence-electron chi connectivity index (χ3n) is 2.66. The van der Waals surface area contributed by atoms with Crippen molar-refractivity contribution in [2.45, 2.75) is 26.4 Å². The highest BCUT2D eigenvalue weighted by molar-refractivity contribution is 5.57. The lowest BCUT2D eigenvalue weighted by atomic mass is 10.1. The van der Waals surface area contributed by atoms with E-state index < -0.39 is 11.4 Å². The molecule has 2 aromatic rings. The van der Waals surface area contributed by atoms with Gasteiger partial charge in [-0.15, -0.1) is 0 Å². The third kappa shape index (κ3) is 4.27. The maximum absolute atomic E-state index is 14.0. The molecule has 1 N–H and O–H groups in total. The minimum atomic E-state index is -1.08.